The first-order chi connectivity index (χ1) is 8.74. The van der Waals surface area contributed by atoms with Gasteiger partial charge in [0.2, 0.25) is 5.88 Å². The molecule has 5 heteroatoms. The fourth-order valence-corrected chi connectivity index (χ4v) is 1.40. The van der Waals surface area contributed by atoms with Crippen molar-refractivity contribution >= 4 is 0 Å². The molecule has 0 saturated carbocycles. The quantitative estimate of drug-likeness (QED) is 0.900. The van der Waals surface area contributed by atoms with E-state index in [1.165, 1.54) is 24.3 Å². The summed E-state index contributed by atoms with van der Waals surface area (Å²) in [6, 6.07) is 10.7. The molecule has 0 radical (unpaired) electrons. The van der Waals surface area contributed by atoms with Crippen LogP contribution in [0.15, 0.2) is 36.4 Å². The first-order valence-corrected chi connectivity index (χ1v) is 5.18. The van der Waals surface area contributed by atoms with Crippen molar-refractivity contribution in [1.29, 1.82) is 5.26 Å². The standard InChI is InChI=1S/C13H9FN2O2/c14-10-3-1-2-4-12(10)18-13-6-5-9(7-15)11(8-17)16-13/h1-6,17H,8H2. The van der Waals surface area contributed by atoms with Gasteiger partial charge in [-0.15, -0.1) is 0 Å². The lowest BCUT2D eigenvalue weighted by Crippen LogP contribution is -1.97. The highest BCUT2D eigenvalue weighted by Crippen LogP contribution is 2.23. The van der Waals surface area contributed by atoms with Gasteiger partial charge in [-0.3, -0.25) is 0 Å². The number of hydrogen-bond acceptors (Lipinski definition) is 4. The summed E-state index contributed by atoms with van der Waals surface area (Å²) in [7, 11) is 0. The Balaban J connectivity index is 2.31. The van der Waals surface area contributed by atoms with Crippen molar-refractivity contribution in [3.63, 3.8) is 0 Å². The van der Waals surface area contributed by atoms with Crippen molar-refractivity contribution in [1.82, 2.24) is 4.98 Å². The lowest BCUT2D eigenvalue weighted by Gasteiger charge is -2.07. The Morgan fingerprint density at radius 2 is 2.06 bits per heavy atom. The van der Waals surface area contributed by atoms with Gasteiger partial charge in [0.1, 0.15) is 6.07 Å². The topological polar surface area (TPSA) is 66.1 Å². The van der Waals surface area contributed by atoms with Crippen LogP contribution in [0.2, 0.25) is 0 Å². The average Bonchev–Trinajstić information content (AvgIpc) is 2.41. The largest absolute Gasteiger partial charge is 0.436 e. The molecule has 4 nitrogen and oxygen atoms in total. The molecule has 0 amide bonds. The minimum atomic E-state index is -0.505. The number of aliphatic hydroxyl groups excluding tert-OH is 1. The fourth-order valence-electron chi connectivity index (χ4n) is 1.40. The van der Waals surface area contributed by atoms with Crippen LogP contribution in [0.1, 0.15) is 11.3 Å². The molecule has 18 heavy (non-hydrogen) atoms. The zero-order valence-electron chi connectivity index (χ0n) is 9.30. The number of para-hydroxylation sites is 1. The lowest BCUT2D eigenvalue weighted by atomic mass is 10.2. The average molecular weight is 244 g/mol. The van der Waals surface area contributed by atoms with Crippen LogP contribution < -0.4 is 4.74 Å². The number of ether oxygens (including phenoxy) is 1. The molecule has 0 unspecified atom stereocenters. The molecule has 0 atom stereocenters. The molecule has 0 aliphatic heterocycles. The minimum absolute atomic E-state index is 0.0404. The molecular weight excluding hydrogens is 235 g/mol. The van der Waals surface area contributed by atoms with E-state index in [0.717, 1.165) is 0 Å². The van der Waals surface area contributed by atoms with Crippen LogP contribution in [0.4, 0.5) is 4.39 Å². The highest BCUT2D eigenvalue weighted by atomic mass is 19.1. The van der Waals surface area contributed by atoms with Crippen LogP contribution in [0.25, 0.3) is 0 Å². The maximum Gasteiger partial charge on any atom is 0.219 e. The highest BCUT2D eigenvalue weighted by molar-refractivity contribution is 5.37. The molecule has 0 aliphatic carbocycles. The molecule has 0 saturated heterocycles. The first-order valence-electron chi connectivity index (χ1n) is 5.18. The summed E-state index contributed by atoms with van der Waals surface area (Å²) in [5.41, 5.74) is 0.463. The van der Waals surface area contributed by atoms with Gasteiger partial charge in [-0.1, -0.05) is 12.1 Å². The Bertz CT molecular complexity index is 608. The smallest absolute Gasteiger partial charge is 0.219 e. The van der Waals surface area contributed by atoms with E-state index in [9.17, 15) is 4.39 Å². The number of pyridine rings is 1. The van der Waals surface area contributed by atoms with Gasteiger partial charge in [0.15, 0.2) is 11.6 Å². The SMILES string of the molecule is N#Cc1ccc(Oc2ccccc2F)nc1CO. The number of halogens is 1. The Morgan fingerprint density at radius 1 is 1.28 bits per heavy atom. The summed E-state index contributed by atoms with van der Waals surface area (Å²) in [6.07, 6.45) is 0. The molecule has 0 bridgehead atoms. The number of nitriles is 1. The van der Waals surface area contributed by atoms with Crippen LogP contribution in [0.5, 0.6) is 11.6 Å². The van der Waals surface area contributed by atoms with Crippen LogP contribution >= 0.6 is 0 Å². The molecule has 2 aromatic rings. The predicted molar refractivity (Wildman–Crippen MR) is 61.3 cm³/mol. The van der Waals surface area contributed by atoms with Gasteiger partial charge in [0.05, 0.1) is 17.9 Å². The summed E-state index contributed by atoms with van der Waals surface area (Å²) in [5.74, 6) is -0.337. The van der Waals surface area contributed by atoms with Crippen LogP contribution in [-0.2, 0) is 6.61 Å². The Hall–Kier alpha value is -2.45. The minimum Gasteiger partial charge on any atom is -0.436 e. The maximum atomic E-state index is 13.3. The highest BCUT2D eigenvalue weighted by Gasteiger charge is 2.08. The number of aliphatic hydroxyl groups is 1. The first kappa shape index (κ1) is 12.0. The van der Waals surface area contributed by atoms with Crippen molar-refractivity contribution in [2.24, 2.45) is 0 Å². The number of benzene rings is 1. The molecule has 1 heterocycles. The number of nitrogens with zero attached hydrogens (tertiary/aromatic N) is 2. The second kappa shape index (κ2) is 5.25. The summed E-state index contributed by atoms with van der Waals surface area (Å²) in [6.45, 7) is -0.378. The van der Waals surface area contributed by atoms with Gasteiger partial charge in [-0.25, -0.2) is 9.37 Å². The van der Waals surface area contributed by atoms with Crippen LogP contribution in [-0.4, -0.2) is 10.1 Å². The monoisotopic (exact) mass is 244 g/mol. The lowest BCUT2D eigenvalue weighted by molar-refractivity contribution is 0.274. The summed E-state index contributed by atoms with van der Waals surface area (Å²) >= 11 is 0. The molecule has 0 fully saturated rings. The van der Waals surface area contributed by atoms with E-state index in [0.29, 0.717) is 0 Å². The Labute approximate surface area is 103 Å². The molecule has 1 aromatic heterocycles. The zero-order chi connectivity index (χ0) is 13.0. The van der Waals surface area contributed by atoms with E-state index in [4.69, 9.17) is 15.1 Å². The molecular formula is C13H9FN2O2. The third-order valence-corrected chi connectivity index (χ3v) is 2.27. The zero-order valence-corrected chi connectivity index (χ0v) is 9.30. The summed E-state index contributed by atoms with van der Waals surface area (Å²) in [5, 5.41) is 17.8. The van der Waals surface area contributed by atoms with Crippen molar-refractivity contribution in [2.45, 2.75) is 6.61 Å². The van der Waals surface area contributed by atoms with Gasteiger partial charge in [0.25, 0.3) is 0 Å². The molecule has 1 N–H and O–H groups in total. The Morgan fingerprint density at radius 3 is 2.72 bits per heavy atom. The van der Waals surface area contributed by atoms with Crippen molar-refractivity contribution in [2.75, 3.05) is 0 Å². The normalized spacial score (nSPS) is 9.83. The third kappa shape index (κ3) is 2.44. The van der Waals surface area contributed by atoms with Gasteiger partial charge in [-0.05, 0) is 18.2 Å². The molecule has 90 valence electrons. The third-order valence-electron chi connectivity index (χ3n) is 2.27. The van der Waals surface area contributed by atoms with E-state index >= 15 is 0 Å². The second-order valence-electron chi connectivity index (χ2n) is 3.45. The molecule has 0 spiro atoms. The van der Waals surface area contributed by atoms with E-state index < -0.39 is 5.82 Å². The van der Waals surface area contributed by atoms with Gasteiger partial charge in [-0.2, -0.15) is 5.26 Å². The van der Waals surface area contributed by atoms with Gasteiger partial charge < -0.3 is 9.84 Å². The van der Waals surface area contributed by atoms with Gasteiger partial charge >= 0.3 is 0 Å². The summed E-state index contributed by atoms with van der Waals surface area (Å²) < 4.78 is 18.6. The van der Waals surface area contributed by atoms with E-state index in [2.05, 4.69) is 4.98 Å². The fraction of sp³-hybridized carbons (Fsp3) is 0.0769. The summed E-state index contributed by atoms with van der Waals surface area (Å²) in [4.78, 5) is 3.94. The van der Waals surface area contributed by atoms with Crippen molar-refractivity contribution in [3.05, 3.63) is 53.5 Å². The van der Waals surface area contributed by atoms with Crippen molar-refractivity contribution in [3.8, 4) is 17.7 Å². The number of rotatable bonds is 3. The van der Waals surface area contributed by atoms with Crippen LogP contribution in [0.3, 0.4) is 0 Å². The van der Waals surface area contributed by atoms with E-state index in [1.807, 2.05) is 6.07 Å². The second-order valence-corrected chi connectivity index (χ2v) is 3.45. The van der Waals surface area contributed by atoms with E-state index in [1.54, 1.807) is 12.1 Å². The molecule has 2 rings (SSSR count). The number of hydrogen-bond donors (Lipinski definition) is 1. The van der Waals surface area contributed by atoms with E-state index in [-0.39, 0.29) is 29.5 Å². The number of aromatic nitrogens is 1. The van der Waals surface area contributed by atoms with Gasteiger partial charge in [0, 0.05) is 6.07 Å². The molecule has 0 aliphatic rings. The molecule has 1 aromatic carbocycles. The maximum absolute atomic E-state index is 13.3. The predicted octanol–water partition coefficient (Wildman–Crippen LogP) is 2.38. The Kier molecular flexibility index (Phi) is 3.51. The van der Waals surface area contributed by atoms with Crippen LogP contribution in [0, 0.1) is 17.1 Å². The van der Waals surface area contributed by atoms with Crippen molar-refractivity contribution < 1.29 is 14.2 Å².